The van der Waals surface area contributed by atoms with E-state index in [-0.39, 0.29) is 5.88 Å². The number of hydrogen-bond acceptors (Lipinski definition) is 2. The van der Waals surface area contributed by atoms with Crippen LogP contribution in [-0.4, -0.2) is 21.0 Å². The van der Waals surface area contributed by atoms with Gasteiger partial charge in [0.15, 0.2) is 5.65 Å². The van der Waals surface area contributed by atoms with Crippen molar-refractivity contribution in [3.8, 4) is 0 Å². The highest BCUT2D eigenvalue weighted by molar-refractivity contribution is 6.31. The van der Waals surface area contributed by atoms with Crippen LogP contribution in [0, 0.1) is 0 Å². The summed E-state index contributed by atoms with van der Waals surface area (Å²) in [5, 5.41) is 0.412. The van der Waals surface area contributed by atoms with E-state index in [9.17, 15) is 8.78 Å². The Morgan fingerprint density at radius 1 is 1.44 bits per heavy atom. The van der Waals surface area contributed by atoms with E-state index >= 15 is 0 Å². The standard InChI is InChI=1S/C9H7Cl2F2N3/c10-2-8-15-6-1-5(11)3-14-9(6)16(8)4-7(12)13/h1,3,7H,2,4H2. The Labute approximate surface area is 100 Å². The largest absolute Gasteiger partial charge is 0.306 e. The van der Waals surface area contributed by atoms with Gasteiger partial charge in [0, 0.05) is 6.20 Å². The number of hydrogen-bond donors (Lipinski definition) is 0. The van der Waals surface area contributed by atoms with Crippen molar-refractivity contribution in [3.05, 3.63) is 23.1 Å². The van der Waals surface area contributed by atoms with Gasteiger partial charge in [0.2, 0.25) is 0 Å². The van der Waals surface area contributed by atoms with E-state index in [0.717, 1.165) is 0 Å². The lowest BCUT2D eigenvalue weighted by Crippen LogP contribution is -2.09. The second kappa shape index (κ2) is 4.51. The first-order chi connectivity index (χ1) is 7.61. The van der Waals surface area contributed by atoms with Crippen LogP contribution in [0.5, 0.6) is 0 Å². The molecule has 0 unspecified atom stereocenters. The molecule has 2 heterocycles. The first-order valence-electron chi connectivity index (χ1n) is 4.46. The Morgan fingerprint density at radius 3 is 2.81 bits per heavy atom. The molecule has 0 saturated heterocycles. The fourth-order valence-electron chi connectivity index (χ4n) is 1.47. The molecule has 0 aliphatic heterocycles. The molecule has 7 heteroatoms. The number of rotatable bonds is 3. The predicted molar refractivity (Wildman–Crippen MR) is 58.1 cm³/mol. The van der Waals surface area contributed by atoms with Crippen molar-refractivity contribution in [1.29, 1.82) is 0 Å². The Hall–Kier alpha value is -0.940. The van der Waals surface area contributed by atoms with Crippen molar-refractivity contribution in [2.45, 2.75) is 18.9 Å². The summed E-state index contributed by atoms with van der Waals surface area (Å²) in [5.74, 6) is 0.424. The zero-order valence-corrected chi connectivity index (χ0v) is 9.51. The van der Waals surface area contributed by atoms with E-state index < -0.39 is 13.0 Å². The van der Waals surface area contributed by atoms with Gasteiger partial charge < -0.3 is 4.57 Å². The van der Waals surface area contributed by atoms with Gasteiger partial charge in [-0.3, -0.25) is 0 Å². The summed E-state index contributed by atoms with van der Waals surface area (Å²) >= 11 is 11.4. The first-order valence-corrected chi connectivity index (χ1v) is 5.38. The normalized spacial score (nSPS) is 11.6. The van der Waals surface area contributed by atoms with Crippen molar-refractivity contribution in [3.63, 3.8) is 0 Å². The minimum Gasteiger partial charge on any atom is -0.306 e. The molecule has 86 valence electrons. The third-order valence-corrected chi connectivity index (χ3v) is 2.52. The van der Waals surface area contributed by atoms with Gasteiger partial charge in [-0.2, -0.15) is 0 Å². The highest BCUT2D eigenvalue weighted by Crippen LogP contribution is 2.20. The van der Waals surface area contributed by atoms with Crippen molar-refractivity contribution in [2.75, 3.05) is 0 Å². The minimum absolute atomic E-state index is 0.0562. The molecule has 0 atom stereocenters. The summed E-state index contributed by atoms with van der Waals surface area (Å²) in [5.41, 5.74) is 0.851. The maximum atomic E-state index is 12.4. The SMILES string of the molecule is FC(F)Cn1c(CCl)nc2cc(Cl)cnc21. The van der Waals surface area contributed by atoms with Crippen LogP contribution in [0.4, 0.5) is 8.78 Å². The number of fused-ring (bicyclic) bond motifs is 1. The summed E-state index contributed by atoms with van der Waals surface area (Å²) in [7, 11) is 0. The van der Waals surface area contributed by atoms with Gasteiger partial charge in [0.25, 0.3) is 6.43 Å². The maximum Gasteiger partial charge on any atom is 0.256 e. The molecule has 0 aromatic carbocycles. The van der Waals surface area contributed by atoms with E-state index in [1.807, 2.05) is 0 Å². The van der Waals surface area contributed by atoms with Crippen LogP contribution in [-0.2, 0) is 12.4 Å². The average Bonchev–Trinajstić information content (AvgIpc) is 2.55. The molecule has 2 aromatic rings. The van der Waals surface area contributed by atoms with Gasteiger partial charge in [0.1, 0.15) is 11.3 Å². The quantitative estimate of drug-likeness (QED) is 0.799. The summed E-state index contributed by atoms with van der Waals surface area (Å²) in [6, 6.07) is 1.57. The average molecular weight is 266 g/mol. The smallest absolute Gasteiger partial charge is 0.256 e. The van der Waals surface area contributed by atoms with Crippen molar-refractivity contribution in [1.82, 2.24) is 14.5 Å². The monoisotopic (exact) mass is 265 g/mol. The Kier molecular flexibility index (Phi) is 3.25. The Morgan fingerprint density at radius 2 is 2.19 bits per heavy atom. The lowest BCUT2D eigenvalue weighted by atomic mass is 10.4. The molecule has 0 fully saturated rings. The lowest BCUT2D eigenvalue weighted by molar-refractivity contribution is 0.127. The Balaban J connectivity index is 2.59. The zero-order chi connectivity index (χ0) is 11.7. The number of aromatic nitrogens is 3. The van der Waals surface area contributed by atoms with Crippen LogP contribution in [0.25, 0.3) is 11.2 Å². The van der Waals surface area contributed by atoms with Gasteiger partial charge in [-0.05, 0) is 6.07 Å². The van der Waals surface area contributed by atoms with Crippen LogP contribution in [0.2, 0.25) is 5.02 Å². The van der Waals surface area contributed by atoms with E-state index in [1.54, 1.807) is 6.07 Å². The topological polar surface area (TPSA) is 30.7 Å². The van der Waals surface area contributed by atoms with Gasteiger partial charge in [-0.15, -0.1) is 11.6 Å². The van der Waals surface area contributed by atoms with Crippen LogP contribution >= 0.6 is 23.2 Å². The van der Waals surface area contributed by atoms with Crippen LogP contribution in [0.15, 0.2) is 12.3 Å². The van der Waals surface area contributed by atoms with Crippen molar-refractivity contribution < 1.29 is 8.78 Å². The van der Waals surface area contributed by atoms with E-state index in [1.165, 1.54) is 10.8 Å². The fraction of sp³-hybridized carbons (Fsp3) is 0.333. The van der Waals surface area contributed by atoms with Crippen LogP contribution in [0.1, 0.15) is 5.82 Å². The molecule has 3 nitrogen and oxygen atoms in total. The number of halogens is 4. The second-order valence-electron chi connectivity index (χ2n) is 3.16. The van der Waals surface area contributed by atoms with Crippen molar-refractivity contribution >= 4 is 34.4 Å². The molecule has 0 aliphatic rings. The van der Waals surface area contributed by atoms with Crippen LogP contribution in [0.3, 0.4) is 0 Å². The molecule has 2 rings (SSSR count). The lowest BCUT2D eigenvalue weighted by Gasteiger charge is -2.05. The van der Waals surface area contributed by atoms with Gasteiger partial charge in [0.05, 0.1) is 17.4 Å². The molecule has 16 heavy (non-hydrogen) atoms. The van der Waals surface area contributed by atoms with Gasteiger partial charge in [-0.25, -0.2) is 18.7 Å². The number of nitrogens with zero attached hydrogens (tertiary/aromatic N) is 3. The highest BCUT2D eigenvalue weighted by Gasteiger charge is 2.15. The summed E-state index contributed by atoms with van der Waals surface area (Å²) in [4.78, 5) is 8.07. The van der Waals surface area contributed by atoms with Crippen LogP contribution < -0.4 is 0 Å². The van der Waals surface area contributed by atoms with E-state index in [2.05, 4.69) is 9.97 Å². The molecule has 0 saturated carbocycles. The highest BCUT2D eigenvalue weighted by atomic mass is 35.5. The minimum atomic E-state index is -2.48. The van der Waals surface area contributed by atoms with Crippen molar-refractivity contribution in [2.24, 2.45) is 0 Å². The molecular weight excluding hydrogens is 259 g/mol. The third kappa shape index (κ3) is 2.10. The molecule has 0 spiro atoms. The zero-order valence-electron chi connectivity index (χ0n) is 8.00. The molecule has 0 radical (unpaired) electrons. The molecular formula is C9H7Cl2F2N3. The Bertz CT molecular complexity index is 513. The molecule has 0 bridgehead atoms. The van der Waals surface area contributed by atoms with E-state index in [4.69, 9.17) is 23.2 Å². The molecule has 0 aliphatic carbocycles. The third-order valence-electron chi connectivity index (χ3n) is 2.07. The summed E-state index contributed by atoms with van der Waals surface area (Å²) < 4.78 is 26.1. The van der Waals surface area contributed by atoms with Gasteiger partial charge in [-0.1, -0.05) is 11.6 Å². The summed E-state index contributed by atoms with van der Waals surface area (Å²) in [6.07, 6.45) is -1.08. The van der Waals surface area contributed by atoms with Gasteiger partial charge >= 0.3 is 0 Å². The molecule has 2 aromatic heterocycles. The molecule has 0 N–H and O–H groups in total. The summed E-state index contributed by atoms with van der Waals surface area (Å²) in [6.45, 7) is -0.465. The maximum absolute atomic E-state index is 12.4. The predicted octanol–water partition coefficient (Wildman–Crippen LogP) is 3.09. The number of alkyl halides is 3. The number of pyridine rings is 1. The van der Waals surface area contributed by atoms with E-state index in [0.29, 0.717) is 22.0 Å². The second-order valence-corrected chi connectivity index (χ2v) is 3.86. The fourth-order valence-corrected chi connectivity index (χ4v) is 1.82. The number of imidazole rings is 1. The first kappa shape index (κ1) is 11.5. The molecule has 0 amide bonds.